The molecule has 0 amide bonds. The van der Waals surface area contributed by atoms with Crippen LogP contribution in [0.3, 0.4) is 0 Å². The summed E-state index contributed by atoms with van der Waals surface area (Å²) in [4.78, 5) is 0. The summed E-state index contributed by atoms with van der Waals surface area (Å²) in [6.07, 6.45) is 5.40. The van der Waals surface area contributed by atoms with Crippen molar-refractivity contribution >= 4 is 0 Å². The SMILES string of the molecule is CC1CCCNC1CNCCc1ccco1. The normalized spacial score (nSPS) is 25.8. The van der Waals surface area contributed by atoms with Gasteiger partial charge in [0, 0.05) is 25.6 Å². The van der Waals surface area contributed by atoms with Gasteiger partial charge in [0.15, 0.2) is 0 Å². The zero-order valence-electron chi connectivity index (χ0n) is 10.0. The fraction of sp³-hybridized carbons (Fsp3) is 0.692. The topological polar surface area (TPSA) is 37.2 Å². The third-order valence-electron chi connectivity index (χ3n) is 3.42. The Balaban J connectivity index is 1.60. The molecule has 0 saturated carbocycles. The quantitative estimate of drug-likeness (QED) is 0.746. The van der Waals surface area contributed by atoms with Crippen LogP contribution < -0.4 is 10.6 Å². The summed E-state index contributed by atoms with van der Waals surface area (Å²) >= 11 is 0. The predicted molar refractivity (Wildman–Crippen MR) is 65.5 cm³/mol. The van der Waals surface area contributed by atoms with Gasteiger partial charge >= 0.3 is 0 Å². The van der Waals surface area contributed by atoms with E-state index in [2.05, 4.69) is 17.6 Å². The van der Waals surface area contributed by atoms with Gasteiger partial charge in [0.1, 0.15) is 5.76 Å². The molecular weight excluding hydrogens is 200 g/mol. The molecule has 0 radical (unpaired) electrons. The van der Waals surface area contributed by atoms with Gasteiger partial charge in [-0.25, -0.2) is 0 Å². The number of piperidine rings is 1. The molecule has 1 saturated heterocycles. The Morgan fingerprint density at radius 2 is 2.50 bits per heavy atom. The molecule has 1 aromatic rings. The summed E-state index contributed by atoms with van der Waals surface area (Å²) in [6.45, 7) is 5.58. The van der Waals surface area contributed by atoms with Gasteiger partial charge in [0.25, 0.3) is 0 Å². The Morgan fingerprint density at radius 1 is 1.56 bits per heavy atom. The molecule has 2 atom stereocenters. The third-order valence-corrected chi connectivity index (χ3v) is 3.42. The van der Waals surface area contributed by atoms with Crippen molar-refractivity contribution in [3.63, 3.8) is 0 Å². The minimum Gasteiger partial charge on any atom is -0.469 e. The maximum absolute atomic E-state index is 5.29. The lowest BCUT2D eigenvalue weighted by atomic mass is 9.93. The molecule has 2 heterocycles. The second-order valence-electron chi connectivity index (χ2n) is 4.71. The lowest BCUT2D eigenvalue weighted by Crippen LogP contribution is -2.46. The zero-order chi connectivity index (χ0) is 11.2. The van der Waals surface area contributed by atoms with E-state index in [1.165, 1.54) is 19.4 Å². The van der Waals surface area contributed by atoms with E-state index in [-0.39, 0.29) is 0 Å². The number of hydrogen-bond acceptors (Lipinski definition) is 3. The first kappa shape index (κ1) is 11.7. The summed E-state index contributed by atoms with van der Waals surface area (Å²) in [6, 6.07) is 4.62. The maximum atomic E-state index is 5.29. The van der Waals surface area contributed by atoms with Gasteiger partial charge in [-0.1, -0.05) is 6.92 Å². The minimum atomic E-state index is 0.644. The van der Waals surface area contributed by atoms with E-state index in [1.54, 1.807) is 6.26 Å². The van der Waals surface area contributed by atoms with Crippen LogP contribution in [-0.2, 0) is 6.42 Å². The molecule has 3 nitrogen and oxygen atoms in total. The highest BCUT2D eigenvalue weighted by Gasteiger charge is 2.19. The fourth-order valence-electron chi connectivity index (χ4n) is 2.31. The van der Waals surface area contributed by atoms with Gasteiger partial charge in [-0.15, -0.1) is 0 Å². The summed E-state index contributed by atoms with van der Waals surface area (Å²) in [5, 5.41) is 7.08. The highest BCUT2D eigenvalue weighted by Crippen LogP contribution is 2.14. The highest BCUT2D eigenvalue weighted by molar-refractivity contribution is 4.98. The van der Waals surface area contributed by atoms with E-state index in [1.807, 2.05) is 12.1 Å². The fourth-order valence-corrected chi connectivity index (χ4v) is 2.31. The molecule has 0 spiro atoms. The van der Waals surface area contributed by atoms with Crippen LogP contribution >= 0.6 is 0 Å². The smallest absolute Gasteiger partial charge is 0.105 e. The maximum Gasteiger partial charge on any atom is 0.105 e. The molecule has 1 aliphatic rings. The molecule has 0 bridgehead atoms. The lowest BCUT2D eigenvalue weighted by Gasteiger charge is -2.30. The number of rotatable bonds is 5. The summed E-state index contributed by atoms with van der Waals surface area (Å²) in [5.74, 6) is 1.86. The summed E-state index contributed by atoms with van der Waals surface area (Å²) in [7, 11) is 0. The van der Waals surface area contributed by atoms with Crippen molar-refractivity contribution in [2.45, 2.75) is 32.2 Å². The first-order valence-corrected chi connectivity index (χ1v) is 6.33. The van der Waals surface area contributed by atoms with Crippen LogP contribution in [0.4, 0.5) is 0 Å². The van der Waals surface area contributed by atoms with Gasteiger partial charge in [-0.05, 0) is 37.4 Å². The number of nitrogens with one attached hydrogen (secondary N) is 2. The molecule has 16 heavy (non-hydrogen) atoms. The molecule has 2 unspecified atom stereocenters. The third kappa shape index (κ3) is 3.35. The molecule has 2 N–H and O–H groups in total. The van der Waals surface area contributed by atoms with Crippen molar-refractivity contribution in [3.8, 4) is 0 Å². The lowest BCUT2D eigenvalue weighted by molar-refractivity contribution is 0.290. The van der Waals surface area contributed by atoms with E-state index in [0.29, 0.717) is 6.04 Å². The van der Waals surface area contributed by atoms with Crippen LogP contribution in [0.25, 0.3) is 0 Å². The van der Waals surface area contributed by atoms with Crippen molar-refractivity contribution in [1.82, 2.24) is 10.6 Å². The monoisotopic (exact) mass is 222 g/mol. The van der Waals surface area contributed by atoms with Crippen LogP contribution in [0.5, 0.6) is 0 Å². The molecule has 1 aromatic heterocycles. The van der Waals surface area contributed by atoms with Gasteiger partial charge in [0.2, 0.25) is 0 Å². The Hall–Kier alpha value is -0.800. The van der Waals surface area contributed by atoms with E-state index >= 15 is 0 Å². The average Bonchev–Trinajstić information content (AvgIpc) is 2.79. The molecule has 3 heteroatoms. The van der Waals surface area contributed by atoms with Crippen molar-refractivity contribution in [1.29, 1.82) is 0 Å². The van der Waals surface area contributed by atoms with E-state index in [0.717, 1.165) is 31.2 Å². The van der Waals surface area contributed by atoms with E-state index in [4.69, 9.17) is 4.42 Å². The van der Waals surface area contributed by atoms with Crippen LogP contribution in [0.1, 0.15) is 25.5 Å². The Bertz CT molecular complexity index is 284. The van der Waals surface area contributed by atoms with Crippen LogP contribution in [0.2, 0.25) is 0 Å². The van der Waals surface area contributed by atoms with Gasteiger partial charge in [0.05, 0.1) is 6.26 Å². The molecule has 90 valence electrons. The van der Waals surface area contributed by atoms with Crippen molar-refractivity contribution in [2.24, 2.45) is 5.92 Å². The van der Waals surface area contributed by atoms with Crippen molar-refractivity contribution in [3.05, 3.63) is 24.2 Å². The Kier molecular flexibility index (Phi) is 4.43. The van der Waals surface area contributed by atoms with Gasteiger partial charge < -0.3 is 15.1 Å². The Morgan fingerprint density at radius 3 is 3.25 bits per heavy atom. The largest absolute Gasteiger partial charge is 0.469 e. The highest BCUT2D eigenvalue weighted by atomic mass is 16.3. The van der Waals surface area contributed by atoms with Gasteiger partial charge in [-0.2, -0.15) is 0 Å². The standard InChI is InChI=1S/C13H22N2O/c1-11-4-2-7-15-13(11)10-14-8-6-12-5-3-9-16-12/h3,5,9,11,13-15H,2,4,6-8,10H2,1H3. The number of furan rings is 1. The Labute approximate surface area is 97.6 Å². The molecule has 2 rings (SSSR count). The summed E-state index contributed by atoms with van der Waals surface area (Å²) < 4.78 is 5.29. The van der Waals surface area contributed by atoms with Crippen molar-refractivity contribution < 1.29 is 4.42 Å². The van der Waals surface area contributed by atoms with E-state index < -0.39 is 0 Å². The van der Waals surface area contributed by atoms with Crippen LogP contribution in [-0.4, -0.2) is 25.7 Å². The minimum absolute atomic E-state index is 0.644. The average molecular weight is 222 g/mol. The van der Waals surface area contributed by atoms with Crippen LogP contribution in [0, 0.1) is 5.92 Å². The van der Waals surface area contributed by atoms with Gasteiger partial charge in [-0.3, -0.25) is 0 Å². The van der Waals surface area contributed by atoms with Crippen LogP contribution in [0.15, 0.2) is 22.8 Å². The second kappa shape index (κ2) is 6.06. The number of hydrogen-bond donors (Lipinski definition) is 2. The molecule has 0 aromatic carbocycles. The second-order valence-corrected chi connectivity index (χ2v) is 4.71. The zero-order valence-corrected chi connectivity index (χ0v) is 10.0. The molecular formula is C13H22N2O. The van der Waals surface area contributed by atoms with E-state index in [9.17, 15) is 0 Å². The van der Waals surface area contributed by atoms with Crippen molar-refractivity contribution in [2.75, 3.05) is 19.6 Å². The molecule has 1 fully saturated rings. The molecule has 1 aliphatic heterocycles. The predicted octanol–water partition coefficient (Wildman–Crippen LogP) is 1.80. The first-order chi connectivity index (χ1) is 7.86. The molecule has 0 aliphatic carbocycles. The summed E-state index contributed by atoms with van der Waals surface area (Å²) in [5.41, 5.74) is 0. The first-order valence-electron chi connectivity index (χ1n) is 6.33.